The molecule has 0 radical (unpaired) electrons. The summed E-state index contributed by atoms with van der Waals surface area (Å²) in [7, 11) is 1.51. The van der Waals surface area contributed by atoms with E-state index >= 15 is 0 Å². The van der Waals surface area contributed by atoms with Gasteiger partial charge >= 0.3 is 11.8 Å². The summed E-state index contributed by atoms with van der Waals surface area (Å²) in [5.74, 6) is -1.79. The van der Waals surface area contributed by atoms with Crippen molar-refractivity contribution >= 4 is 11.8 Å². The molecule has 2 amide bonds. The number of ether oxygens (including phenoxy) is 1. The summed E-state index contributed by atoms with van der Waals surface area (Å²) in [6.07, 6.45) is 0. The lowest BCUT2D eigenvalue weighted by Gasteiger charge is -2.12. The summed E-state index contributed by atoms with van der Waals surface area (Å²) in [6.45, 7) is 2.23. The molecule has 19 heavy (non-hydrogen) atoms. The van der Waals surface area contributed by atoms with Crippen molar-refractivity contribution in [2.45, 2.75) is 19.5 Å². The van der Waals surface area contributed by atoms with Gasteiger partial charge in [0.05, 0.1) is 6.61 Å². The highest BCUT2D eigenvalue weighted by Crippen LogP contribution is 2.01. The number of carbonyl (C=O) groups is 2. The van der Waals surface area contributed by atoms with Crippen molar-refractivity contribution in [1.29, 1.82) is 0 Å². The maximum Gasteiger partial charge on any atom is 0.309 e. The van der Waals surface area contributed by atoms with Crippen molar-refractivity contribution < 1.29 is 18.7 Å². The number of hydrogen-bond acceptors (Lipinski definition) is 3. The van der Waals surface area contributed by atoms with Crippen LogP contribution in [0.1, 0.15) is 12.5 Å². The summed E-state index contributed by atoms with van der Waals surface area (Å²) in [5.41, 5.74) is 0.715. The molecule has 0 saturated heterocycles. The number of nitrogens with one attached hydrogen (secondary N) is 2. The second kappa shape index (κ2) is 7.48. The fraction of sp³-hybridized carbons (Fsp3) is 0.385. The highest BCUT2D eigenvalue weighted by atomic mass is 19.1. The molecule has 0 aliphatic rings. The van der Waals surface area contributed by atoms with Gasteiger partial charge in [-0.1, -0.05) is 12.1 Å². The summed E-state index contributed by atoms with van der Waals surface area (Å²) in [5, 5.41) is 4.94. The Labute approximate surface area is 111 Å². The highest BCUT2D eigenvalue weighted by Gasteiger charge is 2.15. The Morgan fingerprint density at radius 3 is 2.47 bits per heavy atom. The first-order chi connectivity index (χ1) is 9.02. The molecule has 104 valence electrons. The minimum absolute atomic E-state index is 0.172. The van der Waals surface area contributed by atoms with Crippen LogP contribution in [0.4, 0.5) is 4.39 Å². The van der Waals surface area contributed by atoms with Crippen molar-refractivity contribution in [1.82, 2.24) is 10.6 Å². The number of rotatable bonds is 5. The minimum Gasteiger partial charge on any atom is -0.383 e. The lowest BCUT2D eigenvalue weighted by Crippen LogP contribution is -2.44. The van der Waals surface area contributed by atoms with Crippen LogP contribution < -0.4 is 10.6 Å². The molecule has 1 aromatic rings. The Balaban J connectivity index is 2.38. The Kier molecular flexibility index (Phi) is 5.95. The van der Waals surface area contributed by atoms with E-state index in [2.05, 4.69) is 10.6 Å². The Hall–Kier alpha value is -1.95. The molecule has 0 bridgehead atoms. The van der Waals surface area contributed by atoms with Gasteiger partial charge in [0.15, 0.2) is 0 Å². The molecule has 0 unspecified atom stereocenters. The number of carbonyl (C=O) groups excluding carboxylic acids is 2. The van der Waals surface area contributed by atoms with Crippen LogP contribution in [0, 0.1) is 5.82 Å². The summed E-state index contributed by atoms with van der Waals surface area (Å²) in [4.78, 5) is 22.9. The average molecular weight is 268 g/mol. The van der Waals surface area contributed by atoms with Crippen LogP contribution in [-0.4, -0.2) is 31.6 Å². The number of halogens is 1. The minimum atomic E-state index is -0.729. The van der Waals surface area contributed by atoms with Gasteiger partial charge in [0, 0.05) is 19.7 Å². The molecule has 0 heterocycles. The fourth-order valence-corrected chi connectivity index (χ4v) is 1.45. The van der Waals surface area contributed by atoms with E-state index in [1.807, 2.05) is 0 Å². The van der Waals surface area contributed by atoms with Crippen molar-refractivity contribution in [2.24, 2.45) is 0 Å². The maximum atomic E-state index is 12.7. The van der Waals surface area contributed by atoms with Crippen LogP contribution >= 0.6 is 0 Å². The molecule has 0 spiro atoms. The van der Waals surface area contributed by atoms with Gasteiger partial charge in [-0.15, -0.1) is 0 Å². The van der Waals surface area contributed by atoms with Gasteiger partial charge in [0.1, 0.15) is 5.82 Å². The van der Waals surface area contributed by atoms with E-state index in [0.717, 1.165) is 0 Å². The number of amides is 2. The average Bonchev–Trinajstić information content (AvgIpc) is 2.37. The van der Waals surface area contributed by atoms with Gasteiger partial charge in [0.2, 0.25) is 0 Å². The molecule has 0 fully saturated rings. The van der Waals surface area contributed by atoms with Crippen LogP contribution in [0.5, 0.6) is 0 Å². The lowest BCUT2D eigenvalue weighted by molar-refractivity contribution is -0.139. The fourth-order valence-electron chi connectivity index (χ4n) is 1.45. The molecule has 0 aromatic heterocycles. The first-order valence-corrected chi connectivity index (χ1v) is 5.85. The number of methoxy groups -OCH3 is 1. The van der Waals surface area contributed by atoms with Crippen LogP contribution in [0.25, 0.3) is 0 Å². The van der Waals surface area contributed by atoms with Gasteiger partial charge in [-0.3, -0.25) is 9.59 Å². The zero-order valence-corrected chi connectivity index (χ0v) is 10.9. The van der Waals surface area contributed by atoms with E-state index < -0.39 is 11.8 Å². The standard InChI is InChI=1S/C13H17FN2O3/c1-9(8-19-2)16-13(18)12(17)15-7-10-3-5-11(14)6-4-10/h3-6,9H,7-8H2,1-2H3,(H,15,17)(H,16,18)/t9-/m0/s1. The van der Waals surface area contributed by atoms with Crippen molar-refractivity contribution in [3.8, 4) is 0 Å². The molecule has 2 N–H and O–H groups in total. The monoisotopic (exact) mass is 268 g/mol. The van der Waals surface area contributed by atoms with Gasteiger partial charge < -0.3 is 15.4 Å². The molecular formula is C13H17FN2O3. The molecule has 1 atom stereocenters. The zero-order chi connectivity index (χ0) is 14.3. The summed E-state index contributed by atoms with van der Waals surface area (Å²) < 4.78 is 17.5. The normalized spacial score (nSPS) is 11.7. The highest BCUT2D eigenvalue weighted by molar-refractivity contribution is 6.35. The van der Waals surface area contributed by atoms with Crippen LogP contribution in [0.15, 0.2) is 24.3 Å². The van der Waals surface area contributed by atoms with Crippen LogP contribution in [-0.2, 0) is 20.9 Å². The van der Waals surface area contributed by atoms with Gasteiger partial charge in [-0.2, -0.15) is 0 Å². The number of benzene rings is 1. The smallest absolute Gasteiger partial charge is 0.309 e. The largest absolute Gasteiger partial charge is 0.383 e. The molecule has 6 heteroatoms. The van der Waals surface area contributed by atoms with Crippen LogP contribution in [0.3, 0.4) is 0 Å². The van der Waals surface area contributed by atoms with E-state index in [-0.39, 0.29) is 18.4 Å². The van der Waals surface area contributed by atoms with E-state index in [9.17, 15) is 14.0 Å². The predicted octanol–water partition coefficient (Wildman–Crippen LogP) is 0.593. The lowest BCUT2D eigenvalue weighted by atomic mass is 10.2. The van der Waals surface area contributed by atoms with E-state index in [1.54, 1.807) is 19.1 Å². The van der Waals surface area contributed by atoms with Crippen molar-refractivity contribution in [3.05, 3.63) is 35.6 Å². The van der Waals surface area contributed by atoms with Gasteiger partial charge in [-0.25, -0.2) is 4.39 Å². The third-order valence-electron chi connectivity index (χ3n) is 2.37. The van der Waals surface area contributed by atoms with Gasteiger partial charge in [0.25, 0.3) is 0 Å². The first-order valence-electron chi connectivity index (χ1n) is 5.85. The number of hydrogen-bond donors (Lipinski definition) is 2. The summed E-state index contributed by atoms with van der Waals surface area (Å²) >= 11 is 0. The molecule has 0 aliphatic carbocycles. The van der Waals surface area contributed by atoms with Crippen molar-refractivity contribution in [2.75, 3.05) is 13.7 Å². The zero-order valence-electron chi connectivity index (χ0n) is 10.9. The van der Waals surface area contributed by atoms with E-state index in [0.29, 0.717) is 12.2 Å². The quantitative estimate of drug-likeness (QED) is 0.768. The molecular weight excluding hydrogens is 251 g/mol. The SMILES string of the molecule is COC[C@H](C)NC(=O)C(=O)NCc1ccc(F)cc1. The van der Waals surface area contributed by atoms with Gasteiger partial charge in [-0.05, 0) is 24.6 Å². The van der Waals surface area contributed by atoms with Crippen molar-refractivity contribution in [3.63, 3.8) is 0 Å². The predicted molar refractivity (Wildman–Crippen MR) is 67.7 cm³/mol. The Morgan fingerprint density at radius 2 is 1.89 bits per heavy atom. The second-order valence-electron chi connectivity index (χ2n) is 4.14. The molecule has 0 saturated carbocycles. The second-order valence-corrected chi connectivity index (χ2v) is 4.14. The molecule has 0 aliphatic heterocycles. The third-order valence-corrected chi connectivity index (χ3v) is 2.37. The van der Waals surface area contributed by atoms with E-state index in [4.69, 9.17) is 4.74 Å². The maximum absolute atomic E-state index is 12.7. The molecule has 1 rings (SSSR count). The first kappa shape index (κ1) is 15.1. The Bertz CT molecular complexity index is 434. The molecule has 1 aromatic carbocycles. The van der Waals surface area contributed by atoms with E-state index in [1.165, 1.54) is 19.2 Å². The summed E-state index contributed by atoms with van der Waals surface area (Å²) in [6, 6.07) is 5.43. The molecule has 5 nitrogen and oxygen atoms in total. The Morgan fingerprint density at radius 1 is 1.26 bits per heavy atom. The van der Waals surface area contributed by atoms with Crippen LogP contribution in [0.2, 0.25) is 0 Å². The third kappa shape index (κ3) is 5.48. The topological polar surface area (TPSA) is 67.4 Å².